The Labute approximate surface area is 111 Å². The van der Waals surface area contributed by atoms with Crippen molar-refractivity contribution < 1.29 is 4.74 Å². The van der Waals surface area contributed by atoms with E-state index in [-0.39, 0.29) is 0 Å². The van der Waals surface area contributed by atoms with Crippen LogP contribution in [-0.2, 0) is 0 Å². The molecule has 1 atom stereocenters. The molecule has 1 unspecified atom stereocenters. The number of hydrogen-bond donors (Lipinski definition) is 1. The van der Waals surface area contributed by atoms with Gasteiger partial charge in [0.25, 0.3) is 0 Å². The second-order valence-electron chi connectivity index (χ2n) is 4.63. The summed E-state index contributed by atoms with van der Waals surface area (Å²) in [6.45, 7) is 8.23. The average Bonchev–Trinajstić information content (AvgIpc) is 2.40. The standard InChI is InChI=1S/C15H26N2O/c1-4-7-8-13(5-2)12-18-14-9-10-17-15(11-14)16-6-3/h9-11,13H,4-8,12H2,1-3H3,(H,16,17). The van der Waals surface area contributed by atoms with E-state index >= 15 is 0 Å². The molecule has 1 N–H and O–H groups in total. The molecule has 1 aromatic rings. The number of pyridine rings is 1. The Morgan fingerprint density at radius 1 is 1.33 bits per heavy atom. The summed E-state index contributed by atoms with van der Waals surface area (Å²) in [5.74, 6) is 2.47. The van der Waals surface area contributed by atoms with Crippen LogP contribution in [0, 0.1) is 5.92 Å². The van der Waals surface area contributed by atoms with E-state index in [2.05, 4.69) is 31.1 Å². The normalized spacial score (nSPS) is 12.2. The maximum atomic E-state index is 5.86. The Balaban J connectivity index is 2.43. The van der Waals surface area contributed by atoms with Gasteiger partial charge in [0.15, 0.2) is 0 Å². The van der Waals surface area contributed by atoms with Crippen molar-refractivity contribution in [2.75, 3.05) is 18.5 Å². The van der Waals surface area contributed by atoms with Gasteiger partial charge in [-0.3, -0.25) is 0 Å². The summed E-state index contributed by atoms with van der Waals surface area (Å²) >= 11 is 0. The molecule has 1 heterocycles. The Hall–Kier alpha value is -1.25. The van der Waals surface area contributed by atoms with E-state index < -0.39 is 0 Å². The lowest BCUT2D eigenvalue weighted by Crippen LogP contribution is -2.11. The number of rotatable bonds is 9. The first-order chi connectivity index (χ1) is 8.80. The molecule has 0 aliphatic carbocycles. The summed E-state index contributed by atoms with van der Waals surface area (Å²) < 4.78 is 5.86. The summed E-state index contributed by atoms with van der Waals surface area (Å²) in [7, 11) is 0. The van der Waals surface area contributed by atoms with Gasteiger partial charge in [0.05, 0.1) is 6.61 Å². The van der Waals surface area contributed by atoms with E-state index in [0.717, 1.165) is 24.7 Å². The number of aromatic nitrogens is 1. The van der Waals surface area contributed by atoms with Crippen LogP contribution >= 0.6 is 0 Å². The van der Waals surface area contributed by atoms with Crippen molar-refractivity contribution in [1.82, 2.24) is 4.98 Å². The van der Waals surface area contributed by atoms with Gasteiger partial charge in [-0.05, 0) is 25.3 Å². The van der Waals surface area contributed by atoms with Crippen molar-refractivity contribution in [1.29, 1.82) is 0 Å². The fourth-order valence-corrected chi connectivity index (χ4v) is 1.89. The van der Waals surface area contributed by atoms with E-state index in [9.17, 15) is 0 Å². The first-order valence-electron chi connectivity index (χ1n) is 7.12. The molecule has 0 amide bonds. The van der Waals surface area contributed by atoms with Crippen LogP contribution in [0.1, 0.15) is 46.5 Å². The largest absolute Gasteiger partial charge is 0.493 e. The molecule has 0 aliphatic rings. The third kappa shape index (κ3) is 5.39. The van der Waals surface area contributed by atoms with Crippen LogP contribution in [0.2, 0.25) is 0 Å². The highest BCUT2D eigenvalue weighted by molar-refractivity contribution is 5.40. The van der Waals surface area contributed by atoms with Crippen molar-refractivity contribution in [2.45, 2.75) is 46.5 Å². The summed E-state index contributed by atoms with van der Waals surface area (Å²) in [5.41, 5.74) is 0. The third-order valence-electron chi connectivity index (χ3n) is 3.12. The lowest BCUT2D eigenvalue weighted by atomic mass is 10.0. The minimum Gasteiger partial charge on any atom is -0.493 e. The molecule has 3 nitrogen and oxygen atoms in total. The molecule has 3 heteroatoms. The summed E-state index contributed by atoms with van der Waals surface area (Å²) in [5, 5.41) is 3.19. The second kappa shape index (κ2) is 8.78. The average molecular weight is 250 g/mol. The zero-order valence-corrected chi connectivity index (χ0v) is 11.9. The van der Waals surface area contributed by atoms with Crippen LogP contribution in [0.3, 0.4) is 0 Å². The Morgan fingerprint density at radius 2 is 2.17 bits per heavy atom. The van der Waals surface area contributed by atoms with Crippen LogP contribution < -0.4 is 10.1 Å². The van der Waals surface area contributed by atoms with Crippen LogP contribution in [0.4, 0.5) is 5.82 Å². The molecule has 0 saturated heterocycles. The van der Waals surface area contributed by atoms with Gasteiger partial charge in [-0.15, -0.1) is 0 Å². The first kappa shape index (κ1) is 14.8. The summed E-state index contributed by atoms with van der Waals surface area (Å²) in [6, 6.07) is 3.89. The maximum absolute atomic E-state index is 5.86. The number of nitrogens with zero attached hydrogens (tertiary/aromatic N) is 1. The quantitative estimate of drug-likeness (QED) is 0.716. The molecule has 0 fully saturated rings. The van der Waals surface area contributed by atoms with Gasteiger partial charge in [-0.2, -0.15) is 0 Å². The van der Waals surface area contributed by atoms with Gasteiger partial charge in [-0.1, -0.05) is 33.1 Å². The predicted octanol–water partition coefficient (Wildman–Crippen LogP) is 4.11. The number of anilines is 1. The minimum atomic E-state index is 0.667. The molecule has 1 rings (SSSR count). The van der Waals surface area contributed by atoms with E-state index in [0.29, 0.717) is 5.92 Å². The lowest BCUT2D eigenvalue weighted by molar-refractivity contribution is 0.233. The molecular weight excluding hydrogens is 224 g/mol. The van der Waals surface area contributed by atoms with Gasteiger partial charge in [-0.25, -0.2) is 4.98 Å². The predicted molar refractivity (Wildman–Crippen MR) is 77.2 cm³/mol. The van der Waals surface area contributed by atoms with E-state index in [1.165, 1.54) is 25.7 Å². The lowest BCUT2D eigenvalue weighted by Gasteiger charge is -2.15. The first-order valence-corrected chi connectivity index (χ1v) is 7.12. The van der Waals surface area contributed by atoms with Gasteiger partial charge in [0, 0.05) is 18.8 Å². The molecule has 0 aromatic carbocycles. The smallest absolute Gasteiger partial charge is 0.129 e. The monoisotopic (exact) mass is 250 g/mol. The highest BCUT2D eigenvalue weighted by Crippen LogP contribution is 2.18. The molecule has 102 valence electrons. The summed E-state index contributed by atoms with van der Waals surface area (Å²) in [4.78, 5) is 4.23. The molecule has 1 aromatic heterocycles. The minimum absolute atomic E-state index is 0.667. The van der Waals surface area contributed by atoms with Crippen LogP contribution in [-0.4, -0.2) is 18.1 Å². The molecule has 0 spiro atoms. The highest BCUT2D eigenvalue weighted by Gasteiger charge is 2.07. The maximum Gasteiger partial charge on any atom is 0.129 e. The van der Waals surface area contributed by atoms with Crippen LogP contribution in [0.5, 0.6) is 5.75 Å². The zero-order chi connectivity index (χ0) is 13.2. The number of nitrogens with one attached hydrogen (secondary N) is 1. The molecular formula is C15H26N2O. The van der Waals surface area contributed by atoms with Gasteiger partial charge < -0.3 is 10.1 Å². The van der Waals surface area contributed by atoms with Crippen molar-refractivity contribution in [3.63, 3.8) is 0 Å². The van der Waals surface area contributed by atoms with Crippen LogP contribution in [0.25, 0.3) is 0 Å². The topological polar surface area (TPSA) is 34.1 Å². The van der Waals surface area contributed by atoms with E-state index in [1.807, 2.05) is 12.1 Å². The van der Waals surface area contributed by atoms with E-state index in [1.54, 1.807) is 6.20 Å². The number of unbranched alkanes of at least 4 members (excludes halogenated alkanes) is 1. The highest BCUT2D eigenvalue weighted by atomic mass is 16.5. The van der Waals surface area contributed by atoms with Crippen molar-refractivity contribution in [3.8, 4) is 5.75 Å². The van der Waals surface area contributed by atoms with E-state index in [4.69, 9.17) is 4.74 Å². The number of hydrogen-bond acceptors (Lipinski definition) is 3. The zero-order valence-electron chi connectivity index (χ0n) is 11.9. The molecule has 18 heavy (non-hydrogen) atoms. The fourth-order valence-electron chi connectivity index (χ4n) is 1.89. The van der Waals surface area contributed by atoms with Crippen molar-refractivity contribution in [3.05, 3.63) is 18.3 Å². The van der Waals surface area contributed by atoms with Crippen LogP contribution in [0.15, 0.2) is 18.3 Å². The molecule has 0 radical (unpaired) electrons. The third-order valence-corrected chi connectivity index (χ3v) is 3.12. The summed E-state index contributed by atoms with van der Waals surface area (Å²) in [6.07, 6.45) is 6.79. The van der Waals surface area contributed by atoms with Gasteiger partial charge >= 0.3 is 0 Å². The Kier molecular flexibility index (Phi) is 7.23. The fraction of sp³-hybridized carbons (Fsp3) is 0.667. The van der Waals surface area contributed by atoms with Crippen molar-refractivity contribution in [2.24, 2.45) is 5.92 Å². The molecule has 0 aliphatic heterocycles. The van der Waals surface area contributed by atoms with Gasteiger partial charge in [0.2, 0.25) is 0 Å². The Bertz CT molecular complexity index is 328. The van der Waals surface area contributed by atoms with Gasteiger partial charge in [0.1, 0.15) is 11.6 Å². The molecule has 0 bridgehead atoms. The SMILES string of the molecule is CCCCC(CC)COc1ccnc(NCC)c1. The second-order valence-corrected chi connectivity index (χ2v) is 4.63. The number of ether oxygens (including phenoxy) is 1. The van der Waals surface area contributed by atoms with Crippen molar-refractivity contribution >= 4 is 5.82 Å². The Morgan fingerprint density at radius 3 is 2.83 bits per heavy atom. The molecule has 0 saturated carbocycles.